The molecule has 7 heteroatoms. The van der Waals surface area contributed by atoms with Gasteiger partial charge in [-0.25, -0.2) is 4.99 Å². The average Bonchev–Trinajstić information content (AvgIpc) is 3.37. The van der Waals surface area contributed by atoms with Crippen LogP contribution in [0.3, 0.4) is 0 Å². The lowest BCUT2D eigenvalue weighted by Crippen LogP contribution is -2.44. The molecule has 2 aliphatic heterocycles. The second-order valence-corrected chi connectivity index (χ2v) is 7.37. The normalized spacial score (nSPS) is 21.6. The number of anilines is 1. The molecule has 1 aromatic rings. The lowest BCUT2D eigenvalue weighted by atomic mass is 9.84. The summed E-state index contributed by atoms with van der Waals surface area (Å²) < 4.78 is 5.58. The molecule has 1 fully saturated rings. The van der Waals surface area contributed by atoms with Gasteiger partial charge in [0, 0.05) is 50.5 Å². The number of hydrogen-bond donors (Lipinski definition) is 3. The van der Waals surface area contributed by atoms with Crippen LogP contribution in [-0.2, 0) is 11.3 Å². The van der Waals surface area contributed by atoms with Crippen LogP contribution in [0, 0.1) is 5.41 Å². The molecule has 0 amide bonds. The summed E-state index contributed by atoms with van der Waals surface area (Å²) >= 11 is 0. The zero-order valence-corrected chi connectivity index (χ0v) is 19.0. The number of hydrogen-bond acceptors (Lipinski definition) is 4. The SMILES string of the molecule is CCNC(=NCc1cccc(N2CC=CC2)c1)NCC1(CCO)CCOC1.I. The second-order valence-electron chi connectivity index (χ2n) is 7.37. The van der Waals surface area contributed by atoms with E-state index in [1.807, 2.05) is 0 Å². The maximum absolute atomic E-state index is 9.39. The maximum Gasteiger partial charge on any atom is 0.191 e. The Kier molecular flexibility index (Phi) is 9.53. The summed E-state index contributed by atoms with van der Waals surface area (Å²) in [4.78, 5) is 7.10. The molecule has 0 spiro atoms. The summed E-state index contributed by atoms with van der Waals surface area (Å²) in [5, 5.41) is 16.2. The molecule has 1 unspecified atom stereocenters. The minimum absolute atomic E-state index is 0. The number of nitrogens with zero attached hydrogens (tertiary/aromatic N) is 2. The van der Waals surface area contributed by atoms with E-state index in [-0.39, 0.29) is 36.0 Å². The van der Waals surface area contributed by atoms with E-state index in [4.69, 9.17) is 9.73 Å². The Labute approximate surface area is 185 Å². The van der Waals surface area contributed by atoms with Gasteiger partial charge >= 0.3 is 0 Å². The van der Waals surface area contributed by atoms with Crippen LogP contribution in [0.15, 0.2) is 41.4 Å². The predicted molar refractivity (Wildman–Crippen MR) is 126 cm³/mol. The molecular weight excluding hydrogens is 467 g/mol. The molecule has 28 heavy (non-hydrogen) atoms. The van der Waals surface area contributed by atoms with Crippen LogP contribution < -0.4 is 15.5 Å². The van der Waals surface area contributed by atoms with E-state index in [0.29, 0.717) is 13.2 Å². The molecule has 1 atom stereocenters. The number of guanidine groups is 1. The Hall–Kier alpha value is -1.32. The highest BCUT2D eigenvalue weighted by atomic mass is 127. The first kappa shape index (κ1) is 23.0. The van der Waals surface area contributed by atoms with E-state index < -0.39 is 0 Å². The van der Waals surface area contributed by atoms with Crippen LogP contribution in [-0.4, -0.2) is 57.1 Å². The topological polar surface area (TPSA) is 69.1 Å². The van der Waals surface area contributed by atoms with Gasteiger partial charge in [0.1, 0.15) is 0 Å². The van der Waals surface area contributed by atoms with Crippen LogP contribution in [0.4, 0.5) is 5.69 Å². The zero-order chi connectivity index (χ0) is 19.0. The highest BCUT2D eigenvalue weighted by molar-refractivity contribution is 14.0. The summed E-state index contributed by atoms with van der Waals surface area (Å²) in [5.41, 5.74) is 2.45. The van der Waals surface area contributed by atoms with E-state index >= 15 is 0 Å². The smallest absolute Gasteiger partial charge is 0.191 e. The lowest BCUT2D eigenvalue weighted by Gasteiger charge is -2.27. The van der Waals surface area contributed by atoms with Gasteiger partial charge in [0.25, 0.3) is 0 Å². The minimum atomic E-state index is 0. The maximum atomic E-state index is 9.39. The summed E-state index contributed by atoms with van der Waals surface area (Å²) in [5.74, 6) is 0.815. The molecule has 0 bridgehead atoms. The van der Waals surface area contributed by atoms with Crippen LogP contribution in [0.1, 0.15) is 25.3 Å². The van der Waals surface area contributed by atoms with E-state index in [1.54, 1.807) is 0 Å². The Morgan fingerprint density at radius 2 is 2.11 bits per heavy atom. The molecule has 1 aromatic carbocycles. The van der Waals surface area contributed by atoms with Crippen LogP contribution in [0.5, 0.6) is 0 Å². The van der Waals surface area contributed by atoms with Gasteiger partial charge in [-0.05, 0) is 37.5 Å². The molecule has 1 saturated heterocycles. The Morgan fingerprint density at radius 1 is 1.29 bits per heavy atom. The molecule has 2 aliphatic rings. The molecular formula is C21H33IN4O2. The fourth-order valence-corrected chi connectivity index (χ4v) is 3.64. The van der Waals surface area contributed by atoms with Gasteiger partial charge in [-0.1, -0.05) is 24.3 Å². The van der Waals surface area contributed by atoms with E-state index in [1.165, 1.54) is 11.3 Å². The van der Waals surface area contributed by atoms with E-state index in [2.05, 4.69) is 58.9 Å². The summed E-state index contributed by atoms with van der Waals surface area (Å²) in [6.45, 7) is 7.90. The third kappa shape index (κ3) is 6.35. The van der Waals surface area contributed by atoms with Crippen molar-refractivity contribution >= 4 is 35.6 Å². The van der Waals surface area contributed by atoms with Crippen molar-refractivity contribution in [2.45, 2.75) is 26.3 Å². The van der Waals surface area contributed by atoms with Gasteiger partial charge < -0.3 is 25.4 Å². The Bertz CT molecular complexity index is 652. The summed E-state index contributed by atoms with van der Waals surface area (Å²) in [6, 6.07) is 8.60. The fourth-order valence-electron chi connectivity index (χ4n) is 3.64. The lowest BCUT2D eigenvalue weighted by molar-refractivity contribution is 0.127. The van der Waals surface area contributed by atoms with Gasteiger partial charge in [-0.3, -0.25) is 0 Å². The van der Waals surface area contributed by atoms with Gasteiger partial charge in [-0.2, -0.15) is 0 Å². The molecule has 0 aromatic heterocycles. The van der Waals surface area contributed by atoms with Crippen molar-refractivity contribution in [3.63, 3.8) is 0 Å². The molecule has 0 aliphatic carbocycles. The first-order valence-corrected chi connectivity index (χ1v) is 9.94. The van der Waals surface area contributed by atoms with Crippen molar-refractivity contribution in [2.24, 2.45) is 10.4 Å². The number of aliphatic imine (C=N–C) groups is 1. The second kappa shape index (κ2) is 11.6. The first-order chi connectivity index (χ1) is 13.2. The van der Waals surface area contributed by atoms with Crippen molar-refractivity contribution in [1.29, 1.82) is 0 Å². The summed E-state index contributed by atoms with van der Waals surface area (Å²) in [7, 11) is 0. The number of nitrogens with one attached hydrogen (secondary N) is 2. The average molecular weight is 500 g/mol. The molecule has 156 valence electrons. The molecule has 0 radical (unpaired) electrons. The third-order valence-electron chi connectivity index (χ3n) is 5.32. The Morgan fingerprint density at radius 3 is 2.79 bits per heavy atom. The molecule has 0 saturated carbocycles. The third-order valence-corrected chi connectivity index (χ3v) is 5.32. The van der Waals surface area contributed by atoms with Crippen LogP contribution in [0.2, 0.25) is 0 Å². The van der Waals surface area contributed by atoms with Crippen molar-refractivity contribution in [3.05, 3.63) is 42.0 Å². The minimum Gasteiger partial charge on any atom is -0.396 e. The van der Waals surface area contributed by atoms with Crippen molar-refractivity contribution in [2.75, 3.05) is 50.9 Å². The predicted octanol–water partition coefficient (Wildman–Crippen LogP) is 2.53. The highest BCUT2D eigenvalue weighted by Gasteiger charge is 2.34. The van der Waals surface area contributed by atoms with Gasteiger partial charge in [0.15, 0.2) is 5.96 Å². The molecule has 3 rings (SSSR count). The van der Waals surface area contributed by atoms with E-state index in [9.17, 15) is 5.11 Å². The monoisotopic (exact) mass is 500 g/mol. The highest BCUT2D eigenvalue weighted by Crippen LogP contribution is 2.31. The Balaban J connectivity index is 0.00000280. The van der Waals surface area contributed by atoms with Crippen LogP contribution >= 0.6 is 24.0 Å². The summed E-state index contributed by atoms with van der Waals surface area (Å²) in [6.07, 6.45) is 6.14. The molecule has 6 nitrogen and oxygen atoms in total. The zero-order valence-electron chi connectivity index (χ0n) is 16.7. The number of halogens is 1. The van der Waals surface area contributed by atoms with Gasteiger partial charge in [0.2, 0.25) is 0 Å². The fraction of sp³-hybridized carbons (Fsp3) is 0.571. The molecule has 3 N–H and O–H groups in total. The standard InChI is InChI=1S/C21H32N4O2.HI/c1-2-22-20(24-16-21(8-12-26)9-13-27-17-21)23-15-18-6-5-7-19(14-18)25-10-3-4-11-25;/h3-7,14,26H,2,8-13,15-17H2,1H3,(H2,22,23,24);1H. The van der Waals surface area contributed by atoms with Crippen molar-refractivity contribution in [3.8, 4) is 0 Å². The largest absolute Gasteiger partial charge is 0.396 e. The number of rotatable bonds is 8. The molecule has 2 heterocycles. The van der Waals surface area contributed by atoms with E-state index in [0.717, 1.165) is 51.6 Å². The van der Waals surface area contributed by atoms with Crippen molar-refractivity contribution < 1.29 is 9.84 Å². The number of ether oxygens (including phenoxy) is 1. The first-order valence-electron chi connectivity index (χ1n) is 9.94. The quantitative estimate of drug-likeness (QED) is 0.222. The van der Waals surface area contributed by atoms with Crippen LogP contribution in [0.25, 0.3) is 0 Å². The number of aliphatic hydroxyl groups excluding tert-OH is 1. The number of aliphatic hydroxyl groups is 1. The van der Waals surface area contributed by atoms with Gasteiger partial charge in [0.05, 0.1) is 13.2 Å². The number of benzene rings is 1. The van der Waals surface area contributed by atoms with Gasteiger partial charge in [-0.15, -0.1) is 24.0 Å². The van der Waals surface area contributed by atoms with Crippen molar-refractivity contribution in [1.82, 2.24) is 10.6 Å².